The molecule has 0 radical (unpaired) electrons. The minimum atomic E-state index is -0.210. The smallest absolute Gasteiger partial charge is 0.255 e. The summed E-state index contributed by atoms with van der Waals surface area (Å²) in [4.78, 5) is 14.2. The normalized spacial score (nSPS) is 10.8. The van der Waals surface area contributed by atoms with Crippen LogP contribution in [0.1, 0.15) is 17.3 Å². The van der Waals surface area contributed by atoms with Crippen molar-refractivity contribution in [2.45, 2.75) is 6.92 Å². The summed E-state index contributed by atoms with van der Waals surface area (Å²) in [7, 11) is 0. The Balaban J connectivity index is 1.56. The molecule has 0 atom stereocenters. The summed E-state index contributed by atoms with van der Waals surface area (Å²) < 4.78 is 6.22. The number of carbonyl (C=O) groups is 1. The molecule has 6 nitrogen and oxygen atoms in total. The van der Waals surface area contributed by atoms with Crippen LogP contribution in [0.2, 0.25) is 0 Å². The molecule has 3 aromatic carbocycles. The molecule has 1 N–H and O–H groups in total. The quantitative estimate of drug-likeness (QED) is 0.486. The van der Waals surface area contributed by atoms with Crippen LogP contribution < -0.4 is 10.1 Å². The number of ether oxygens (including phenoxy) is 1. The lowest BCUT2D eigenvalue weighted by Gasteiger charge is -2.09. The maximum atomic E-state index is 12.6. The number of fused-ring (bicyclic) bond motifs is 1. The number of hydrogen-bond donors (Lipinski definition) is 1. The monoisotopic (exact) mass is 436 g/mol. The highest BCUT2D eigenvalue weighted by atomic mass is 79.9. The number of aromatic nitrogens is 3. The number of nitrogens with one attached hydrogen (secondary N) is 1. The Morgan fingerprint density at radius 2 is 1.82 bits per heavy atom. The topological polar surface area (TPSA) is 69.0 Å². The highest BCUT2D eigenvalue weighted by Gasteiger charge is 2.11. The van der Waals surface area contributed by atoms with Gasteiger partial charge in [0.1, 0.15) is 16.8 Å². The van der Waals surface area contributed by atoms with Gasteiger partial charge >= 0.3 is 0 Å². The van der Waals surface area contributed by atoms with E-state index in [2.05, 4.69) is 31.4 Å². The number of nitrogens with zero attached hydrogens (tertiary/aromatic N) is 3. The van der Waals surface area contributed by atoms with Gasteiger partial charge in [-0.05, 0) is 71.4 Å². The standard InChI is InChI=1S/C21H17BrN4O2/c1-2-28-20-11-8-14(12-17(20)22)21(27)23-15-9-10-18-19(13-15)25-26(24-18)16-6-4-3-5-7-16/h3-13H,2H2,1H3,(H,23,27). The first-order valence-electron chi connectivity index (χ1n) is 8.80. The average molecular weight is 437 g/mol. The predicted molar refractivity (Wildman–Crippen MR) is 112 cm³/mol. The van der Waals surface area contributed by atoms with E-state index >= 15 is 0 Å². The van der Waals surface area contributed by atoms with Gasteiger partial charge in [0.25, 0.3) is 5.91 Å². The number of benzene rings is 3. The second-order valence-electron chi connectivity index (χ2n) is 6.06. The fraction of sp³-hybridized carbons (Fsp3) is 0.0952. The molecule has 0 unspecified atom stereocenters. The van der Waals surface area contributed by atoms with Crippen molar-refractivity contribution in [3.63, 3.8) is 0 Å². The zero-order valence-electron chi connectivity index (χ0n) is 15.1. The molecular weight excluding hydrogens is 420 g/mol. The van der Waals surface area contributed by atoms with Crippen LogP contribution in [-0.2, 0) is 0 Å². The number of para-hydroxylation sites is 1. The van der Waals surface area contributed by atoms with E-state index in [1.54, 1.807) is 23.0 Å². The summed E-state index contributed by atoms with van der Waals surface area (Å²) in [5.41, 5.74) is 3.52. The number of hydrogen-bond acceptors (Lipinski definition) is 4. The van der Waals surface area contributed by atoms with Crippen molar-refractivity contribution in [3.05, 3.63) is 76.8 Å². The molecule has 1 amide bonds. The molecule has 28 heavy (non-hydrogen) atoms. The Labute approximate surface area is 170 Å². The third-order valence-corrected chi connectivity index (χ3v) is 4.74. The first kappa shape index (κ1) is 18.2. The molecule has 0 saturated heterocycles. The van der Waals surface area contributed by atoms with E-state index in [-0.39, 0.29) is 5.91 Å². The van der Waals surface area contributed by atoms with Crippen LogP contribution in [0.5, 0.6) is 5.75 Å². The lowest BCUT2D eigenvalue weighted by molar-refractivity contribution is 0.102. The number of anilines is 1. The van der Waals surface area contributed by atoms with Crippen LogP contribution in [0.25, 0.3) is 16.7 Å². The Morgan fingerprint density at radius 3 is 2.57 bits per heavy atom. The van der Waals surface area contributed by atoms with Crippen molar-refractivity contribution in [3.8, 4) is 11.4 Å². The van der Waals surface area contributed by atoms with Crippen molar-refractivity contribution in [2.24, 2.45) is 0 Å². The Bertz CT molecular complexity index is 1140. The summed E-state index contributed by atoms with van der Waals surface area (Å²) in [5, 5.41) is 11.9. The van der Waals surface area contributed by atoms with Gasteiger partial charge in [0, 0.05) is 11.3 Å². The number of carbonyl (C=O) groups excluding carboxylic acids is 1. The average Bonchev–Trinajstić information content (AvgIpc) is 3.14. The molecule has 0 saturated carbocycles. The molecule has 0 aliphatic carbocycles. The Morgan fingerprint density at radius 1 is 1.04 bits per heavy atom. The van der Waals surface area contributed by atoms with Crippen LogP contribution in [0.4, 0.5) is 5.69 Å². The van der Waals surface area contributed by atoms with E-state index in [4.69, 9.17) is 4.74 Å². The fourth-order valence-corrected chi connectivity index (χ4v) is 3.28. The van der Waals surface area contributed by atoms with Gasteiger partial charge < -0.3 is 10.1 Å². The lowest BCUT2D eigenvalue weighted by Crippen LogP contribution is -2.12. The van der Waals surface area contributed by atoms with Crippen molar-refractivity contribution in [2.75, 3.05) is 11.9 Å². The maximum Gasteiger partial charge on any atom is 0.255 e. The first-order chi connectivity index (χ1) is 13.6. The number of rotatable bonds is 5. The van der Waals surface area contributed by atoms with Gasteiger partial charge in [-0.25, -0.2) is 0 Å². The van der Waals surface area contributed by atoms with Gasteiger partial charge in [0.05, 0.1) is 16.8 Å². The van der Waals surface area contributed by atoms with Gasteiger partial charge in [-0.1, -0.05) is 18.2 Å². The molecule has 0 fully saturated rings. The van der Waals surface area contributed by atoms with Crippen LogP contribution >= 0.6 is 15.9 Å². The minimum absolute atomic E-state index is 0.210. The van der Waals surface area contributed by atoms with Crippen molar-refractivity contribution >= 4 is 38.6 Å². The zero-order valence-corrected chi connectivity index (χ0v) is 16.7. The fourth-order valence-electron chi connectivity index (χ4n) is 2.79. The van der Waals surface area contributed by atoms with Crippen molar-refractivity contribution in [1.82, 2.24) is 15.0 Å². The second-order valence-corrected chi connectivity index (χ2v) is 6.92. The summed E-state index contributed by atoms with van der Waals surface area (Å²) in [6, 6.07) is 20.4. The highest BCUT2D eigenvalue weighted by molar-refractivity contribution is 9.10. The highest BCUT2D eigenvalue weighted by Crippen LogP contribution is 2.26. The number of amides is 1. The van der Waals surface area contributed by atoms with E-state index in [9.17, 15) is 4.79 Å². The molecule has 1 aromatic heterocycles. The van der Waals surface area contributed by atoms with E-state index < -0.39 is 0 Å². The maximum absolute atomic E-state index is 12.6. The molecule has 0 aliphatic heterocycles. The molecule has 0 spiro atoms. The molecule has 7 heteroatoms. The van der Waals surface area contributed by atoms with Crippen LogP contribution in [0.3, 0.4) is 0 Å². The van der Waals surface area contributed by atoms with Gasteiger partial charge in [-0.3, -0.25) is 4.79 Å². The Kier molecular flexibility index (Phi) is 5.08. The third-order valence-electron chi connectivity index (χ3n) is 4.12. The molecule has 1 heterocycles. The van der Waals surface area contributed by atoms with Gasteiger partial charge in [-0.15, -0.1) is 10.2 Å². The summed E-state index contributed by atoms with van der Waals surface area (Å²) in [6.07, 6.45) is 0. The first-order valence-corrected chi connectivity index (χ1v) is 9.59. The van der Waals surface area contributed by atoms with E-state index in [0.717, 1.165) is 15.7 Å². The molecular formula is C21H17BrN4O2. The lowest BCUT2D eigenvalue weighted by atomic mass is 10.2. The molecule has 140 valence electrons. The van der Waals surface area contributed by atoms with E-state index in [1.165, 1.54) is 0 Å². The summed E-state index contributed by atoms with van der Waals surface area (Å²) >= 11 is 3.43. The summed E-state index contributed by atoms with van der Waals surface area (Å²) in [5.74, 6) is 0.497. The van der Waals surface area contributed by atoms with Gasteiger partial charge in [0.15, 0.2) is 0 Å². The third kappa shape index (κ3) is 3.75. The number of halogens is 1. The predicted octanol–water partition coefficient (Wildman–Crippen LogP) is 4.83. The van der Waals surface area contributed by atoms with Gasteiger partial charge in [0.2, 0.25) is 0 Å². The van der Waals surface area contributed by atoms with Crippen LogP contribution in [0.15, 0.2) is 71.2 Å². The molecule has 0 aliphatic rings. The van der Waals surface area contributed by atoms with E-state index in [1.807, 2.05) is 55.5 Å². The largest absolute Gasteiger partial charge is 0.493 e. The SMILES string of the molecule is CCOc1ccc(C(=O)Nc2ccc3nn(-c4ccccc4)nc3c2)cc1Br. The van der Waals surface area contributed by atoms with Crippen molar-refractivity contribution < 1.29 is 9.53 Å². The molecule has 4 aromatic rings. The van der Waals surface area contributed by atoms with Crippen LogP contribution in [0, 0.1) is 0 Å². The summed E-state index contributed by atoms with van der Waals surface area (Å²) in [6.45, 7) is 2.48. The second kappa shape index (κ2) is 7.82. The molecule has 0 bridgehead atoms. The zero-order chi connectivity index (χ0) is 19.5. The minimum Gasteiger partial charge on any atom is -0.493 e. The van der Waals surface area contributed by atoms with Gasteiger partial charge in [-0.2, -0.15) is 4.80 Å². The van der Waals surface area contributed by atoms with Crippen molar-refractivity contribution in [1.29, 1.82) is 0 Å². The molecule has 4 rings (SSSR count). The van der Waals surface area contributed by atoms with E-state index in [0.29, 0.717) is 29.1 Å². The van der Waals surface area contributed by atoms with Crippen LogP contribution in [-0.4, -0.2) is 27.5 Å². The Hall–Kier alpha value is -3.19.